The molecule has 1 aliphatic heterocycles. The van der Waals surface area contributed by atoms with Crippen LogP contribution in [0.4, 0.5) is 4.39 Å². The third-order valence-corrected chi connectivity index (χ3v) is 4.21. The zero-order valence-electron chi connectivity index (χ0n) is 12.1. The summed E-state index contributed by atoms with van der Waals surface area (Å²) in [5.41, 5.74) is 3.29. The van der Waals surface area contributed by atoms with Crippen molar-refractivity contribution in [2.45, 2.75) is 33.2 Å². The molecule has 21 heavy (non-hydrogen) atoms. The van der Waals surface area contributed by atoms with E-state index in [0.29, 0.717) is 24.9 Å². The Morgan fingerprint density at radius 3 is 2.86 bits per heavy atom. The number of benzene rings is 1. The second kappa shape index (κ2) is 4.98. The summed E-state index contributed by atoms with van der Waals surface area (Å²) in [6.07, 6.45) is 1.08. The number of fused-ring (bicyclic) bond motifs is 1. The van der Waals surface area contributed by atoms with Gasteiger partial charge in [-0.05, 0) is 44.0 Å². The molecule has 1 aliphatic rings. The van der Waals surface area contributed by atoms with Gasteiger partial charge >= 0.3 is 5.97 Å². The van der Waals surface area contributed by atoms with Gasteiger partial charge < -0.3 is 9.67 Å². The molecule has 1 aromatic heterocycles. The summed E-state index contributed by atoms with van der Waals surface area (Å²) < 4.78 is 15.5. The van der Waals surface area contributed by atoms with Crippen molar-refractivity contribution in [3.8, 4) is 11.3 Å². The molecule has 0 saturated carbocycles. The van der Waals surface area contributed by atoms with Gasteiger partial charge in [-0.25, -0.2) is 9.37 Å². The molecule has 1 atom stereocenters. The van der Waals surface area contributed by atoms with Crippen molar-refractivity contribution in [3.63, 3.8) is 0 Å². The fourth-order valence-corrected chi connectivity index (χ4v) is 2.93. The monoisotopic (exact) mass is 288 g/mol. The Labute approximate surface area is 122 Å². The summed E-state index contributed by atoms with van der Waals surface area (Å²) in [7, 11) is 0. The van der Waals surface area contributed by atoms with E-state index in [2.05, 4.69) is 9.55 Å². The number of carboxylic acids is 1. The first-order valence-corrected chi connectivity index (χ1v) is 7.02. The lowest BCUT2D eigenvalue weighted by atomic mass is 9.98. The maximum atomic E-state index is 13.4. The van der Waals surface area contributed by atoms with Crippen LogP contribution in [0.15, 0.2) is 18.2 Å². The lowest BCUT2D eigenvalue weighted by molar-refractivity contribution is -0.142. The molecule has 0 spiro atoms. The maximum absolute atomic E-state index is 13.4. The van der Waals surface area contributed by atoms with Gasteiger partial charge in [0.05, 0.1) is 11.6 Å². The van der Waals surface area contributed by atoms with Crippen LogP contribution in [-0.4, -0.2) is 20.6 Å². The third-order valence-electron chi connectivity index (χ3n) is 4.21. The van der Waals surface area contributed by atoms with Crippen LogP contribution >= 0.6 is 0 Å². The minimum absolute atomic E-state index is 0.230. The first-order valence-electron chi connectivity index (χ1n) is 7.02. The van der Waals surface area contributed by atoms with Crippen molar-refractivity contribution < 1.29 is 14.3 Å². The number of aliphatic carboxylic acids is 1. The molecule has 0 bridgehead atoms. The van der Waals surface area contributed by atoms with E-state index in [1.807, 2.05) is 6.92 Å². The van der Waals surface area contributed by atoms with Crippen molar-refractivity contribution in [1.82, 2.24) is 9.55 Å². The number of hydrogen-bond acceptors (Lipinski definition) is 2. The fraction of sp³-hybridized carbons (Fsp3) is 0.375. The molecule has 0 fully saturated rings. The molecule has 0 amide bonds. The molecule has 3 rings (SSSR count). The fourth-order valence-electron chi connectivity index (χ4n) is 2.93. The van der Waals surface area contributed by atoms with Crippen molar-refractivity contribution >= 4 is 5.97 Å². The second-order valence-electron chi connectivity index (χ2n) is 5.61. The van der Waals surface area contributed by atoms with Crippen LogP contribution in [0.2, 0.25) is 0 Å². The van der Waals surface area contributed by atoms with Gasteiger partial charge in [-0.2, -0.15) is 0 Å². The number of carboxylic acid groups (broad SMARTS) is 1. The molecule has 0 radical (unpaired) electrons. The van der Waals surface area contributed by atoms with Crippen molar-refractivity contribution in [2.75, 3.05) is 0 Å². The van der Waals surface area contributed by atoms with Crippen LogP contribution in [0, 0.1) is 25.6 Å². The van der Waals surface area contributed by atoms with E-state index in [-0.39, 0.29) is 11.7 Å². The number of imidazole rings is 1. The minimum atomic E-state index is -0.763. The van der Waals surface area contributed by atoms with E-state index in [1.54, 1.807) is 19.1 Å². The quantitative estimate of drug-likeness (QED) is 0.924. The second-order valence-corrected chi connectivity index (χ2v) is 5.61. The Morgan fingerprint density at radius 1 is 1.43 bits per heavy atom. The predicted octanol–water partition coefficient (Wildman–Crippen LogP) is 2.95. The van der Waals surface area contributed by atoms with Gasteiger partial charge in [0.2, 0.25) is 0 Å². The van der Waals surface area contributed by atoms with Crippen LogP contribution < -0.4 is 0 Å². The lowest BCUT2D eigenvalue weighted by Crippen LogP contribution is -2.26. The molecular formula is C16H17FN2O2. The molecule has 1 aromatic carbocycles. The summed E-state index contributed by atoms with van der Waals surface area (Å²) in [4.78, 5) is 15.7. The van der Waals surface area contributed by atoms with Gasteiger partial charge in [0.25, 0.3) is 0 Å². The van der Waals surface area contributed by atoms with E-state index >= 15 is 0 Å². The number of aryl methyl sites for hydroxylation is 1. The first kappa shape index (κ1) is 13.8. The Hall–Kier alpha value is -2.17. The lowest BCUT2D eigenvalue weighted by Gasteiger charge is -2.20. The van der Waals surface area contributed by atoms with Crippen molar-refractivity contribution in [3.05, 3.63) is 41.1 Å². The van der Waals surface area contributed by atoms with Gasteiger partial charge in [0.15, 0.2) is 0 Å². The van der Waals surface area contributed by atoms with Gasteiger partial charge in [-0.3, -0.25) is 4.79 Å². The van der Waals surface area contributed by atoms with Crippen LogP contribution in [0.5, 0.6) is 0 Å². The Kier molecular flexibility index (Phi) is 3.27. The van der Waals surface area contributed by atoms with E-state index in [9.17, 15) is 9.18 Å². The van der Waals surface area contributed by atoms with E-state index < -0.39 is 5.97 Å². The largest absolute Gasteiger partial charge is 0.481 e. The Bertz CT molecular complexity index is 721. The topological polar surface area (TPSA) is 55.1 Å². The van der Waals surface area contributed by atoms with Crippen LogP contribution in [0.1, 0.15) is 23.5 Å². The van der Waals surface area contributed by atoms with E-state index in [1.165, 1.54) is 6.07 Å². The molecule has 2 heterocycles. The van der Waals surface area contributed by atoms with Gasteiger partial charge in [0.1, 0.15) is 11.6 Å². The van der Waals surface area contributed by atoms with Gasteiger partial charge in [-0.15, -0.1) is 0 Å². The smallest absolute Gasteiger partial charge is 0.307 e. The highest BCUT2D eigenvalue weighted by atomic mass is 19.1. The van der Waals surface area contributed by atoms with E-state index in [4.69, 9.17) is 5.11 Å². The molecule has 2 aromatic rings. The molecule has 5 heteroatoms. The summed E-state index contributed by atoms with van der Waals surface area (Å²) in [6, 6.07) is 4.95. The molecule has 1 unspecified atom stereocenters. The molecular weight excluding hydrogens is 271 g/mol. The SMILES string of the molecule is Cc1cc(-c2nc3n(c2C)CCC(C(=O)O)C3)ccc1F. The van der Waals surface area contributed by atoms with Crippen molar-refractivity contribution in [2.24, 2.45) is 5.92 Å². The van der Waals surface area contributed by atoms with Gasteiger partial charge in [-0.1, -0.05) is 0 Å². The van der Waals surface area contributed by atoms with Crippen LogP contribution in [0.3, 0.4) is 0 Å². The third kappa shape index (κ3) is 2.33. The maximum Gasteiger partial charge on any atom is 0.307 e. The van der Waals surface area contributed by atoms with Crippen LogP contribution in [-0.2, 0) is 17.8 Å². The zero-order chi connectivity index (χ0) is 15.1. The molecule has 4 nitrogen and oxygen atoms in total. The highest BCUT2D eigenvalue weighted by Crippen LogP contribution is 2.29. The Balaban J connectivity index is 2.02. The number of halogens is 1. The summed E-state index contributed by atoms with van der Waals surface area (Å²) >= 11 is 0. The highest BCUT2D eigenvalue weighted by molar-refractivity contribution is 5.71. The van der Waals surface area contributed by atoms with E-state index in [0.717, 1.165) is 22.8 Å². The minimum Gasteiger partial charge on any atom is -0.481 e. The Morgan fingerprint density at radius 2 is 2.19 bits per heavy atom. The summed E-state index contributed by atoms with van der Waals surface area (Å²) in [5, 5.41) is 9.15. The number of nitrogens with zero attached hydrogens (tertiary/aromatic N) is 2. The predicted molar refractivity (Wildman–Crippen MR) is 76.5 cm³/mol. The number of carbonyl (C=O) groups is 1. The number of rotatable bonds is 2. The van der Waals surface area contributed by atoms with Crippen molar-refractivity contribution in [1.29, 1.82) is 0 Å². The highest BCUT2D eigenvalue weighted by Gasteiger charge is 2.27. The molecule has 110 valence electrons. The van der Waals surface area contributed by atoms with Crippen LogP contribution in [0.25, 0.3) is 11.3 Å². The molecule has 1 N–H and O–H groups in total. The number of hydrogen-bond donors (Lipinski definition) is 1. The normalized spacial score (nSPS) is 17.6. The molecule has 0 aliphatic carbocycles. The zero-order valence-corrected chi connectivity index (χ0v) is 12.1. The standard InChI is InChI=1S/C16H17FN2O2/c1-9-7-11(3-4-13(9)17)15-10(2)19-6-5-12(16(20)21)8-14(19)18-15/h3-4,7,12H,5-6,8H2,1-2H3,(H,20,21). The molecule has 0 saturated heterocycles. The number of aromatic nitrogens is 2. The summed E-state index contributed by atoms with van der Waals surface area (Å²) in [5.74, 6) is -0.544. The average molecular weight is 288 g/mol. The first-order chi connectivity index (χ1) is 9.97. The summed E-state index contributed by atoms with van der Waals surface area (Å²) in [6.45, 7) is 4.38. The average Bonchev–Trinajstić information content (AvgIpc) is 2.78. The van der Waals surface area contributed by atoms with Gasteiger partial charge in [0, 0.05) is 24.2 Å².